The average molecular weight is 247 g/mol. The van der Waals surface area contributed by atoms with Crippen LogP contribution in [-0.4, -0.2) is 35.6 Å². The zero-order valence-electron chi connectivity index (χ0n) is 10.3. The molecule has 0 spiro atoms. The Morgan fingerprint density at radius 3 is 2.60 bits per heavy atom. The van der Waals surface area contributed by atoms with E-state index in [0.29, 0.717) is 4.75 Å². The van der Waals surface area contributed by atoms with Crippen LogP contribution in [0.15, 0.2) is 0 Å². The minimum atomic E-state index is 0.478. The molecule has 0 radical (unpaired) electrons. The predicted molar refractivity (Wildman–Crippen MR) is 75.1 cm³/mol. The van der Waals surface area contributed by atoms with Crippen molar-refractivity contribution in [1.82, 2.24) is 5.32 Å². The molecular formula is C12H25NS2. The van der Waals surface area contributed by atoms with Gasteiger partial charge in [0.25, 0.3) is 0 Å². The molecule has 0 bridgehead atoms. The molecule has 1 aliphatic rings. The quantitative estimate of drug-likeness (QED) is 0.742. The van der Waals surface area contributed by atoms with Crippen LogP contribution in [0.3, 0.4) is 0 Å². The highest BCUT2D eigenvalue weighted by molar-refractivity contribution is 8.00. The number of thioether (sulfide) groups is 2. The molecule has 1 aliphatic heterocycles. The minimum absolute atomic E-state index is 0.478. The van der Waals surface area contributed by atoms with E-state index in [1.165, 1.54) is 43.9 Å². The van der Waals surface area contributed by atoms with Gasteiger partial charge in [-0.1, -0.05) is 13.8 Å². The van der Waals surface area contributed by atoms with E-state index in [1.54, 1.807) is 0 Å². The number of hydrogen-bond acceptors (Lipinski definition) is 3. The molecule has 0 aliphatic carbocycles. The lowest BCUT2D eigenvalue weighted by molar-refractivity contribution is 0.455. The lowest BCUT2D eigenvalue weighted by Gasteiger charge is -2.30. The molecule has 1 N–H and O–H groups in total. The van der Waals surface area contributed by atoms with Crippen LogP contribution in [0.25, 0.3) is 0 Å². The topological polar surface area (TPSA) is 12.0 Å². The van der Waals surface area contributed by atoms with Gasteiger partial charge < -0.3 is 5.32 Å². The van der Waals surface area contributed by atoms with Crippen molar-refractivity contribution in [3.8, 4) is 0 Å². The third kappa shape index (κ3) is 4.20. The van der Waals surface area contributed by atoms with E-state index in [0.717, 1.165) is 5.92 Å². The van der Waals surface area contributed by atoms with Gasteiger partial charge >= 0.3 is 0 Å². The summed E-state index contributed by atoms with van der Waals surface area (Å²) in [6.07, 6.45) is 6.22. The van der Waals surface area contributed by atoms with E-state index < -0.39 is 0 Å². The van der Waals surface area contributed by atoms with Crippen LogP contribution in [0, 0.1) is 5.92 Å². The maximum absolute atomic E-state index is 3.69. The molecule has 1 unspecified atom stereocenters. The Bertz CT molecular complexity index is 155. The summed E-state index contributed by atoms with van der Waals surface area (Å²) < 4.78 is 0.478. The Hall–Kier alpha value is 0.660. The zero-order chi connectivity index (χ0) is 11.1. The number of rotatable bonds is 7. The summed E-state index contributed by atoms with van der Waals surface area (Å²) in [5, 5.41) is 3.69. The fourth-order valence-electron chi connectivity index (χ4n) is 2.11. The van der Waals surface area contributed by atoms with Crippen LogP contribution < -0.4 is 5.32 Å². The van der Waals surface area contributed by atoms with Gasteiger partial charge in [0.15, 0.2) is 0 Å². The molecule has 3 heteroatoms. The summed E-state index contributed by atoms with van der Waals surface area (Å²) >= 11 is 4.14. The monoisotopic (exact) mass is 247 g/mol. The lowest BCUT2D eigenvalue weighted by atomic mass is 10.0. The molecule has 1 atom stereocenters. The second-order valence-electron chi connectivity index (χ2n) is 4.45. The SMILES string of the molecule is CCC(CC)(CNCC1CCSC1)SC. The lowest BCUT2D eigenvalue weighted by Crippen LogP contribution is -2.38. The predicted octanol–water partition coefficient (Wildman–Crippen LogP) is 3.25. The zero-order valence-corrected chi connectivity index (χ0v) is 12.0. The second kappa shape index (κ2) is 7.08. The third-order valence-corrected chi connectivity index (χ3v) is 6.45. The van der Waals surface area contributed by atoms with Crippen LogP contribution in [0.2, 0.25) is 0 Å². The summed E-state index contributed by atoms with van der Waals surface area (Å²) in [7, 11) is 0. The van der Waals surface area contributed by atoms with Crippen LogP contribution in [0.1, 0.15) is 33.1 Å². The van der Waals surface area contributed by atoms with Gasteiger partial charge in [-0.3, -0.25) is 0 Å². The second-order valence-corrected chi connectivity index (χ2v) is 6.88. The standard InChI is InChI=1S/C12H25NS2/c1-4-12(5-2,14-3)10-13-8-11-6-7-15-9-11/h11,13H,4-10H2,1-3H3. The van der Waals surface area contributed by atoms with Crippen molar-refractivity contribution < 1.29 is 0 Å². The first-order valence-electron chi connectivity index (χ1n) is 6.10. The average Bonchev–Trinajstić information content (AvgIpc) is 2.78. The van der Waals surface area contributed by atoms with Crippen molar-refractivity contribution in [3.63, 3.8) is 0 Å². The molecule has 1 nitrogen and oxygen atoms in total. The van der Waals surface area contributed by atoms with Crippen molar-refractivity contribution in [2.45, 2.75) is 37.9 Å². The van der Waals surface area contributed by atoms with Crippen molar-refractivity contribution >= 4 is 23.5 Å². The molecule has 0 aromatic rings. The molecule has 15 heavy (non-hydrogen) atoms. The van der Waals surface area contributed by atoms with Gasteiger partial charge in [-0.2, -0.15) is 23.5 Å². The minimum Gasteiger partial charge on any atom is -0.315 e. The molecule has 0 aromatic heterocycles. The van der Waals surface area contributed by atoms with Gasteiger partial charge in [-0.15, -0.1) is 0 Å². The van der Waals surface area contributed by atoms with E-state index in [-0.39, 0.29) is 0 Å². The largest absolute Gasteiger partial charge is 0.315 e. The first-order valence-corrected chi connectivity index (χ1v) is 8.48. The van der Waals surface area contributed by atoms with E-state index in [4.69, 9.17) is 0 Å². The van der Waals surface area contributed by atoms with Gasteiger partial charge in [0.2, 0.25) is 0 Å². The van der Waals surface area contributed by atoms with Gasteiger partial charge in [0.05, 0.1) is 0 Å². The summed E-state index contributed by atoms with van der Waals surface area (Å²) in [6, 6.07) is 0. The highest BCUT2D eigenvalue weighted by Gasteiger charge is 2.25. The Morgan fingerprint density at radius 2 is 2.13 bits per heavy atom. The fraction of sp³-hybridized carbons (Fsp3) is 1.00. The van der Waals surface area contributed by atoms with E-state index in [1.807, 2.05) is 11.8 Å². The number of hydrogen-bond donors (Lipinski definition) is 1. The number of nitrogens with one attached hydrogen (secondary N) is 1. The summed E-state index contributed by atoms with van der Waals surface area (Å²) in [6.45, 7) is 7.04. The van der Waals surface area contributed by atoms with Gasteiger partial charge in [0.1, 0.15) is 0 Å². The normalized spacial score (nSPS) is 22.2. The Kier molecular flexibility index (Phi) is 6.48. The highest BCUT2D eigenvalue weighted by Crippen LogP contribution is 2.30. The molecule has 0 aromatic carbocycles. The van der Waals surface area contributed by atoms with E-state index in [2.05, 4.69) is 37.2 Å². The highest BCUT2D eigenvalue weighted by atomic mass is 32.2. The van der Waals surface area contributed by atoms with Crippen LogP contribution in [0.5, 0.6) is 0 Å². The molecule has 1 heterocycles. The molecule has 0 saturated carbocycles. The van der Waals surface area contributed by atoms with Gasteiger partial charge in [-0.25, -0.2) is 0 Å². The van der Waals surface area contributed by atoms with Crippen molar-refractivity contribution in [3.05, 3.63) is 0 Å². The molecule has 1 rings (SSSR count). The Morgan fingerprint density at radius 1 is 1.40 bits per heavy atom. The Balaban J connectivity index is 2.21. The van der Waals surface area contributed by atoms with E-state index in [9.17, 15) is 0 Å². The summed E-state index contributed by atoms with van der Waals surface area (Å²) in [5.74, 6) is 3.68. The molecule has 0 amide bonds. The van der Waals surface area contributed by atoms with Crippen LogP contribution >= 0.6 is 23.5 Å². The van der Waals surface area contributed by atoms with Crippen LogP contribution in [-0.2, 0) is 0 Å². The Labute approximate surface area is 104 Å². The van der Waals surface area contributed by atoms with Crippen molar-refractivity contribution in [2.75, 3.05) is 30.9 Å². The van der Waals surface area contributed by atoms with Gasteiger partial charge in [0, 0.05) is 11.3 Å². The van der Waals surface area contributed by atoms with Crippen LogP contribution in [0.4, 0.5) is 0 Å². The van der Waals surface area contributed by atoms with Crippen molar-refractivity contribution in [2.24, 2.45) is 5.92 Å². The summed E-state index contributed by atoms with van der Waals surface area (Å²) in [4.78, 5) is 0. The molecular weight excluding hydrogens is 222 g/mol. The fourth-order valence-corrected chi connectivity index (χ4v) is 4.22. The third-order valence-electron chi connectivity index (χ3n) is 3.63. The molecule has 1 fully saturated rings. The summed E-state index contributed by atoms with van der Waals surface area (Å²) in [5.41, 5.74) is 0. The first-order chi connectivity index (χ1) is 7.26. The smallest absolute Gasteiger partial charge is 0.0276 e. The van der Waals surface area contributed by atoms with Gasteiger partial charge in [-0.05, 0) is 49.5 Å². The maximum Gasteiger partial charge on any atom is 0.0276 e. The maximum atomic E-state index is 3.69. The molecule has 90 valence electrons. The molecule has 1 saturated heterocycles. The van der Waals surface area contributed by atoms with Crippen molar-refractivity contribution in [1.29, 1.82) is 0 Å². The first kappa shape index (κ1) is 13.7. The van der Waals surface area contributed by atoms with E-state index >= 15 is 0 Å².